The molecule has 0 amide bonds. The highest BCUT2D eigenvalue weighted by atomic mass is 28.3. The summed E-state index contributed by atoms with van der Waals surface area (Å²) in [5, 5.41) is 20.6. The number of nitriles is 2. The third-order valence-electron chi connectivity index (χ3n) is 2.75. The molecule has 0 fully saturated rings. The van der Waals surface area contributed by atoms with Crippen molar-refractivity contribution in [1.82, 2.24) is 0 Å². The van der Waals surface area contributed by atoms with Gasteiger partial charge in [-0.3, -0.25) is 0 Å². The van der Waals surface area contributed by atoms with E-state index in [-0.39, 0.29) is 0 Å². The van der Waals surface area contributed by atoms with Crippen molar-refractivity contribution in [2.45, 2.75) is 0 Å². The van der Waals surface area contributed by atoms with Gasteiger partial charge in [0.25, 0.3) is 0 Å². The summed E-state index contributed by atoms with van der Waals surface area (Å²) in [6.07, 6.45) is 0. The van der Waals surface area contributed by atoms with E-state index in [2.05, 4.69) is 11.4 Å². The normalized spacial score (nSPS) is 10.2. The minimum Gasteiger partial charge on any atom is -0.204 e. The molecule has 2 nitrogen and oxygen atoms in total. The molecule has 0 atom stereocenters. The third kappa shape index (κ3) is 1.85. The Balaban J connectivity index is 2.65. The number of hydrogen-bond acceptors (Lipinski definition) is 2. The first-order valence-corrected chi connectivity index (χ1v) is 7.27. The molecule has 0 aliphatic rings. The SMILES string of the molecule is N#C[Si](C#N)(c1ccccc1)c1ccccc1. The maximum absolute atomic E-state index is 9.47. The number of benzene rings is 2. The van der Waals surface area contributed by atoms with Crippen LogP contribution in [-0.2, 0) is 0 Å². The van der Waals surface area contributed by atoms with Gasteiger partial charge in [-0.15, -0.1) is 0 Å². The topological polar surface area (TPSA) is 47.6 Å². The summed E-state index contributed by atoms with van der Waals surface area (Å²) in [6.45, 7) is 0. The van der Waals surface area contributed by atoms with Gasteiger partial charge in [0.2, 0.25) is 0 Å². The highest BCUT2D eigenvalue weighted by Crippen LogP contribution is 2.03. The largest absolute Gasteiger partial charge is 0.344 e. The number of hydrogen-bond donors (Lipinski definition) is 0. The lowest BCUT2D eigenvalue weighted by Crippen LogP contribution is -2.56. The van der Waals surface area contributed by atoms with E-state index in [1.54, 1.807) is 0 Å². The molecule has 0 aliphatic heterocycles. The summed E-state index contributed by atoms with van der Waals surface area (Å²) >= 11 is 0. The minimum atomic E-state index is -2.88. The van der Waals surface area contributed by atoms with Crippen LogP contribution in [0.15, 0.2) is 60.7 Å². The molecule has 80 valence electrons. The average molecular weight is 234 g/mol. The maximum atomic E-state index is 9.47. The van der Waals surface area contributed by atoms with Crippen molar-refractivity contribution in [2.75, 3.05) is 0 Å². The van der Waals surface area contributed by atoms with Gasteiger partial charge >= 0.3 is 8.07 Å². The van der Waals surface area contributed by atoms with E-state index in [9.17, 15) is 10.5 Å². The number of rotatable bonds is 2. The monoisotopic (exact) mass is 234 g/mol. The van der Waals surface area contributed by atoms with Gasteiger partial charge in [0.05, 0.1) is 11.4 Å². The minimum absolute atomic E-state index is 0.844. The second-order valence-corrected chi connectivity index (χ2v) is 6.81. The van der Waals surface area contributed by atoms with E-state index in [0.717, 1.165) is 10.4 Å². The standard InChI is InChI=1S/C14H10N2Si/c15-11-17(12-16,13-7-3-1-4-8-13)14-9-5-2-6-10-14/h1-10H. The van der Waals surface area contributed by atoms with Gasteiger partial charge in [-0.2, -0.15) is 0 Å². The Bertz CT molecular complexity index is 524. The molecule has 0 aromatic heterocycles. The van der Waals surface area contributed by atoms with E-state index in [0.29, 0.717) is 0 Å². The van der Waals surface area contributed by atoms with Crippen LogP contribution in [0.25, 0.3) is 0 Å². The number of nitrogens with zero attached hydrogens (tertiary/aromatic N) is 2. The Morgan fingerprint density at radius 1 is 0.647 bits per heavy atom. The zero-order valence-corrected chi connectivity index (χ0v) is 10.2. The van der Waals surface area contributed by atoms with Crippen molar-refractivity contribution in [1.29, 1.82) is 10.5 Å². The van der Waals surface area contributed by atoms with Gasteiger partial charge in [-0.25, -0.2) is 10.5 Å². The fourth-order valence-corrected chi connectivity index (χ4v) is 4.11. The highest BCUT2D eigenvalue weighted by molar-refractivity contribution is 7.13. The predicted octanol–water partition coefficient (Wildman–Crippen LogP) is 1.38. The van der Waals surface area contributed by atoms with E-state index < -0.39 is 8.07 Å². The van der Waals surface area contributed by atoms with Crippen LogP contribution in [0.1, 0.15) is 0 Å². The van der Waals surface area contributed by atoms with E-state index in [1.165, 1.54) is 0 Å². The van der Waals surface area contributed by atoms with Crippen molar-refractivity contribution in [3.63, 3.8) is 0 Å². The molecule has 2 aromatic carbocycles. The van der Waals surface area contributed by atoms with E-state index >= 15 is 0 Å². The molecule has 0 spiro atoms. The lowest BCUT2D eigenvalue weighted by Gasteiger charge is -2.15. The fraction of sp³-hybridized carbons (Fsp3) is 0. The Hall–Kier alpha value is -2.36. The molecule has 0 saturated heterocycles. The van der Waals surface area contributed by atoms with Gasteiger partial charge in [-0.1, -0.05) is 60.7 Å². The van der Waals surface area contributed by atoms with Crippen LogP contribution in [0, 0.1) is 21.9 Å². The van der Waals surface area contributed by atoms with Crippen molar-refractivity contribution in [3.8, 4) is 11.4 Å². The molecule has 0 N–H and O–H groups in total. The molecule has 0 saturated carbocycles. The second kappa shape index (κ2) is 4.65. The molecule has 0 radical (unpaired) electrons. The quantitative estimate of drug-likeness (QED) is 0.737. The highest BCUT2D eigenvalue weighted by Gasteiger charge is 2.39. The van der Waals surface area contributed by atoms with Crippen molar-refractivity contribution in [2.24, 2.45) is 0 Å². The first-order valence-electron chi connectivity index (χ1n) is 5.27. The average Bonchev–Trinajstić information content (AvgIpc) is 2.43. The molecule has 3 heteroatoms. The van der Waals surface area contributed by atoms with Crippen molar-refractivity contribution in [3.05, 3.63) is 60.7 Å². The second-order valence-electron chi connectivity index (χ2n) is 3.71. The Morgan fingerprint density at radius 3 is 1.29 bits per heavy atom. The fourth-order valence-electron chi connectivity index (χ4n) is 1.83. The van der Waals surface area contributed by atoms with Gasteiger partial charge in [0.1, 0.15) is 0 Å². The van der Waals surface area contributed by atoms with Crippen LogP contribution in [0.3, 0.4) is 0 Å². The Morgan fingerprint density at radius 2 is 1.00 bits per heavy atom. The summed E-state index contributed by atoms with van der Waals surface area (Å²) < 4.78 is 0. The molecule has 0 unspecified atom stereocenters. The molecule has 0 heterocycles. The van der Waals surface area contributed by atoms with Crippen LogP contribution >= 0.6 is 0 Å². The van der Waals surface area contributed by atoms with Crippen LogP contribution in [0.4, 0.5) is 0 Å². The first kappa shape index (κ1) is 11.1. The molecule has 17 heavy (non-hydrogen) atoms. The van der Waals surface area contributed by atoms with E-state index in [1.807, 2.05) is 60.7 Å². The first-order chi connectivity index (χ1) is 8.33. The molecule has 2 rings (SSSR count). The molecular formula is C14H10N2Si. The van der Waals surface area contributed by atoms with Gasteiger partial charge in [-0.05, 0) is 10.4 Å². The van der Waals surface area contributed by atoms with Crippen LogP contribution in [0.5, 0.6) is 0 Å². The van der Waals surface area contributed by atoms with Crippen molar-refractivity contribution < 1.29 is 0 Å². The van der Waals surface area contributed by atoms with Crippen LogP contribution in [-0.4, -0.2) is 8.07 Å². The summed E-state index contributed by atoms with van der Waals surface area (Å²) in [4.78, 5) is 0. The molecule has 2 aromatic rings. The van der Waals surface area contributed by atoms with Crippen LogP contribution < -0.4 is 10.4 Å². The Labute approximate surface area is 101 Å². The van der Waals surface area contributed by atoms with Gasteiger partial charge in [0.15, 0.2) is 0 Å². The zero-order valence-electron chi connectivity index (χ0n) is 9.17. The lowest BCUT2D eigenvalue weighted by molar-refractivity contribution is 1.52. The third-order valence-corrected chi connectivity index (χ3v) is 5.82. The Kier molecular flexibility index (Phi) is 3.05. The summed E-state index contributed by atoms with van der Waals surface area (Å²) in [7, 11) is -2.88. The van der Waals surface area contributed by atoms with E-state index in [4.69, 9.17) is 0 Å². The van der Waals surface area contributed by atoms with Gasteiger partial charge in [0, 0.05) is 0 Å². The predicted molar refractivity (Wildman–Crippen MR) is 69.1 cm³/mol. The van der Waals surface area contributed by atoms with Crippen LogP contribution in [0.2, 0.25) is 0 Å². The maximum Gasteiger partial charge on any atom is 0.344 e. The van der Waals surface area contributed by atoms with Crippen molar-refractivity contribution >= 4 is 18.4 Å². The lowest BCUT2D eigenvalue weighted by atomic mass is 10.4. The summed E-state index contributed by atoms with van der Waals surface area (Å²) in [5.41, 5.74) is 4.55. The summed E-state index contributed by atoms with van der Waals surface area (Å²) in [6, 6.07) is 18.7. The smallest absolute Gasteiger partial charge is 0.204 e. The zero-order chi connectivity index (χ0) is 12.1. The molecular weight excluding hydrogens is 224 g/mol. The molecule has 0 aliphatic carbocycles. The summed E-state index contributed by atoms with van der Waals surface area (Å²) in [5.74, 6) is 0. The molecule has 0 bridgehead atoms. The van der Waals surface area contributed by atoms with Gasteiger partial charge < -0.3 is 0 Å².